The first kappa shape index (κ1) is 14.5. The number of hydrogen-bond donors (Lipinski definition) is 0. The van der Waals surface area contributed by atoms with E-state index in [1.807, 2.05) is 6.92 Å². The average molecular weight is 269 g/mol. The second kappa shape index (κ2) is 4.58. The van der Waals surface area contributed by atoms with Crippen molar-refractivity contribution >= 4 is 16.8 Å². The van der Waals surface area contributed by atoms with Gasteiger partial charge in [0.2, 0.25) is 5.78 Å². The van der Waals surface area contributed by atoms with Crippen LogP contribution < -0.4 is 0 Å². The monoisotopic (exact) mass is 269 g/mol. The molecule has 0 spiro atoms. The predicted molar refractivity (Wildman–Crippen MR) is 85.6 cm³/mol. The molecule has 0 unspecified atom stereocenters. The van der Waals surface area contributed by atoms with Crippen molar-refractivity contribution in [2.24, 2.45) is 0 Å². The van der Waals surface area contributed by atoms with Gasteiger partial charge in [-0.3, -0.25) is 4.40 Å². The SMILES string of the molecule is C.Cc1cc(C)n2c(n1)nc1c(C)c(C)c(C)c(C)c12. The quantitative estimate of drug-likeness (QED) is 0.606. The molecule has 3 aromatic rings. The zero-order chi connectivity index (χ0) is 13.9. The molecule has 0 aliphatic carbocycles. The van der Waals surface area contributed by atoms with Crippen LogP contribution in [0.25, 0.3) is 16.8 Å². The molecule has 0 radical (unpaired) electrons. The van der Waals surface area contributed by atoms with E-state index >= 15 is 0 Å². The summed E-state index contributed by atoms with van der Waals surface area (Å²) in [4.78, 5) is 9.32. The van der Waals surface area contributed by atoms with E-state index in [1.165, 1.54) is 33.5 Å². The summed E-state index contributed by atoms with van der Waals surface area (Å²) in [5.41, 5.74) is 9.76. The fourth-order valence-corrected chi connectivity index (χ4v) is 2.90. The average Bonchev–Trinajstić information content (AvgIpc) is 2.73. The molecule has 2 heterocycles. The zero-order valence-electron chi connectivity index (χ0n) is 12.4. The Labute approximate surface area is 120 Å². The highest BCUT2D eigenvalue weighted by atomic mass is 15.1. The maximum absolute atomic E-state index is 4.75. The third-order valence-electron chi connectivity index (χ3n) is 4.30. The van der Waals surface area contributed by atoms with Crippen LogP contribution in [0.1, 0.15) is 41.1 Å². The lowest BCUT2D eigenvalue weighted by Gasteiger charge is -2.11. The number of benzene rings is 1. The maximum Gasteiger partial charge on any atom is 0.235 e. The van der Waals surface area contributed by atoms with E-state index in [0.717, 1.165) is 17.0 Å². The normalized spacial score (nSPS) is 11.1. The van der Waals surface area contributed by atoms with Gasteiger partial charge in [-0.2, -0.15) is 0 Å². The molecule has 3 nitrogen and oxygen atoms in total. The van der Waals surface area contributed by atoms with Gasteiger partial charge in [-0.15, -0.1) is 0 Å². The van der Waals surface area contributed by atoms with E-state index in [9.17, 15) is 0 Å². The van der Waals surface area contributed by atoms with E-state index in [1.54, 1.807) is 0 Å². The third kappa shape index (κ3) is 1.73. The standard InChI is InChI=1S/C16H19N3.CH4/c1-8-7-9(2)19-15-13(6)11(4)10(3)12(5)14(15)18-16(19)17-8;/h7H,1-6H3;1H4. The van der Waals surface area contributed by atoms with Gasteiger partial charge in [0.1, 0.15) is 0 Å². The van der Waals surface area contributed by atoms with E-state index in [0.29, 0.717) is 0 Å². The highest BCUT2D eigenvalue weighted by Gasteiger charge is 2.16. The summed E-state index contributed by atoms with van der Waals surface area (Å²) in [7, 11) is 0. The molecule has 0 saturated carbocycles. The number of aromatic nitrogens is 3. The molecule has 1 aromatic carbocycles. The predicted octanol–water partition coefficient (Wildman–Crippen LogP) is 4.37. The van der Waals surface area contributed by atoms with Crippen molar-refractivity contribution < 1.29 is 0 Å². The van der Waals surface area contributed by atoms with Gasteiger partial charge in [0.25, 0.3) is 0 Å². The lowest BCUT2D eigenvalue weighted by atomic mass is 9.97. The summed E-state index contributed by atoms with van der Waals surface area (Å²) in [6, 6.07) is 2.11. The van der Waals surface area contributed by atoms with E-state index in [-0.39, 0.29) is 7.43 Å². The smallest absolute Gasteiger partial charge is 0.235 e. The van der Waals surface area contributed by atoms with Gasteiger partial charge in [0.15, 0.2) is 0 Å². The molecule has 2 aromatic heterocycles. The van der Waals surface area contributed by atoms with Crippen molar-refractivity contribution in [1.29, 1.82) is 0 Å². The zero-order valence-corrected chi connectivity index (χ0v) is 12.4. The Kier molecular flexibility index (Phi) is 3.32. The van der Waals surface area contributed by atoms with Crippen LogP contribution in [0.3, 0.4) is 0 Å². The second-order valence-corrected chi connectivity index (χ2v) is 5.48. The van der Waals surface area contributed by atoms with E-state index in [2.05, 4.69) is 50.1 Å². The van der Waals surface area contributed by atoms with Crippen LogP contribution in [0.2, 0.25) is 0 Å². The van der Waals surface area contributed by atoms with Gasteiger partial charge in [0, 0.05) is 11.4 Å². The van der Waals surface area contributed by atoms with Gasteiger partial charge in [-0.1, -0.05) is 7.43 Å². The summed E-state index contributed by atoms with van der Waals surface area (Å²) in [5.74, 6) is 0.809. The molecular weight excluding hydrogens is 246 g/mol. The third-order valence-corrected chi connectivity index (χ3v) is 4.30. The Balaban J connectivity index is 0.00000147. The van der Waals surface area contributed by atoms with Crippen molar-refractivity contribution in [1.82, 2.24) is 14.4 Å². The minimum absolute atomic E-state index is 0. The van der Waals surface area contributed by atoms with Gasteiger partial charge in [-0.25, -0.2) is 9.97 Å². The molecule has 0 atom stereocenters. The van der Waals surface area contributed by atoms with Crippen LogP contribution in [0, 0.1) is 41.5 Å². The fraction of sp³-hybridized carbons (Fsp3) is 0.412. The number of aryl methyl sites for hydroxylation is 4. The van der Waals surface area contributed by atoms with Gasteiger partial charge >= 0.3 is 0 Å². The summed E-state index contributed by atoms with van der Waals surface area (Å²) in [6.07, 6.45) is 0. The van der Waals surface area contributed by atoms with Crippen molar-refractivity contribution in [2.75, 3.05) is 0 Å². The Morgan fingerprint density at radius 2 is 1.40 bits per heavy atom. The molecule has 0 fully saturated rings. The first-order chi connectivity index (χ1) is 8.91. The Morgan fingerprint density at radius 1 is 0.800 bits per heavy atom. The highest BCUT2D eigenvalue weighted by Crippen LogP contribution is 2.29. The Hall–Kier alpha value is -1.90. The molecule has 0 bridgehead atoms. The minimum Gasteiger partial charge on any atom is -0.281 e. The lowest BCUT2D eigenvalue weighted by Crippen LogP contribution is -1.99. The topological polar surface area (TPSA) is 30.2 Å². The number of imidazole rings is 1. The van der Waals surface area contributed by atoms with Gasteiger partial charge in [-0.05, 0) is 69.9 Å². The van der Waals surface area contributed by atoms with Gasteiger partial charge < -0.3 is 0 Å². The van der Waals surface area contributed by atoms with Crippen LogP contribution in [0.15, 0.2) is 6.07 Å². The maximum atomic E-state index is 4.75. The van der Waals surface area contributed by atoms with Crippen molar-refractivity contribution in [3.63, 3.8) is 0 Å². The number of nitrogens with zero attached hydrogens (tertiary/aromatic N) is 3. The molecule has 0 aliphatic heterocycles. The van der Waals surface area contributed by atoms with E-state index < -0.39 is 0 Å². The van der Waals surface area contributed by atoms with Crippen LogP contribution in [-0.4, -0.2) is 14.4 Å². The summed E-state index contributed by atoms with van der Waals surface area (Å²) < 4.78 is 2.18. The first-order valence-corrected chi connectivity index (χ1v) is 6.64. The second-order valence-electron chi connectivity index (χ2n) is 5.48. The van der Waals surface area contributed by atoms with Crippen molar-refractivity contribution in [3.05, 3.63) is 39.7 Å². The molecule has 0 aliphatic rings. The first-order valence-electron chi connectivity index (χ1n) is 6.64. The highest BCUT2D eigenvalue weighted by molar-refractivity contribution is 5.88. The summed E-state index contributed by atoms with van der Waals surface area (Å²) >= 11 is 0. The Morgan fingerprint density at radius 3 is 2.05 bits per heavy atom. The molecule has 3 rings (SSSR count). The molecule has 0 N–H and O–H groups in total. The lowest BCUT2D eigenvalue weighted by molar-refractivity contribution is 1.03. The van der Waals surface area contributed by atoms with Crippen LogP contribution in [0.4, 0.5) is 0 Å². The Bertz CT molecular complexity index is 826. The molecule has 0 amide bonds. The largest absolute Gasteiger partial charge is 0.281 e. The van der Waals surface area contributed by atoms with Gasteiger partial charge in [0.05, 0.1) is 11.0 Å². The summed E-state index contributed by atoms with van der Waals surface area (Å²) in [6.45, 7) is 12.8. The molecular formula is C17H23N3. The molecule has 0 saturated heterocycles. The van der Waals surface area contributed by atoms with Crippen molar-refractivity contribution in [2.45, 2.75) is 49.0 Å². The number of fused-ring (bicyclic) bond motifs is 3. The van der Waals surface area contributed by atoms with Crippen LogP contribution in [-0.2, 0) is 0 Å². The summed E-state index contributed by atoms with van der Waals surface area (Å²) in [5, 5.41) is 0. The van der Waals surface area contributed by atoms with Crippen LogP contribution in [0.5, 0.6) is 0 Å². The molecule has 20 heavy (non-hydrogen) atoms. The molecule has 3 heteroatoms. The fourth-order valence-electron chi connectivity index (χ4n) is 2.90. The molecule has 106 valence electrons. The number of rotatable bonds is 0. The van der Waals surface area contributed by atoms with Crippen molar-refractivity contribution in [3.8, 4) is 0 Å². The minimum atomic E-state index is 0. The number of hydrogen-bond acceptors (Lipinski definition) is 2. The van der Waals surface area contributed by atoms with E-state index in [4.69, 9.17) is 4.98 Å². The van der Waals surface area contributed by atoms with Crippen LogP contribution >= 0.6 is 0 Å².